The van der Waals surface area contributed by atoms with Crippen molar-refractivity contribution in [1.82, 2.24) is 9.97 Å². The number of hydrogen-bond donors (Lipinski definition) is 5. The molecule has 27 heavy (non-hydrogen) atoms. The number of benzene rings is 2. The topological polar surface area (TPSA) is 111 Å². The van der Waals surface area contributed by atoms with Gasteiger partial charge in [-0.15, -0.1) is 0 Å². The van der Waals surface area contributed by atoms with Crippen LogP contribution < -0.4 is 16.4 Å². The summed E-state index contributed by atoms with van der Waals surface area (Å²) in [6, 6.07) is 4.53. The molecule has 2 aromatic carbocycles. The van der Waals surface area contributed by atoms with E-state index in [1.807, 2.05) is 0 Å². The summed E-state index contributed by atoms with van der Waals surface area (Å²) in [4.78, 5) is 6.73. The molecule has 0 spiro atoms. The van der Waals surface area contributed by atoms with Crippen molar-refractivity contribution < 1.29 is 18.4 Å². The summed E-state index contributed by atoms with van der Waals surface area (Å²) in [7, 11) is 0. The number of aromatic nitrogens is 2. The first-order valence-electron chi connectivity index (χ1n) is 7.70. The molecule has 1 aromatic heterocycles. The number of H-pyrrole nitrogens is 1. The largest absolute Gasteiger partial charge is 0.409 e. The molecule has 3 rings (SSSR count). The molecule has 0 saturated carbocycles. The number of fused-ring (bicyclic) bond motifs is 1. The zero-order valence-electron chi connectivity index (χ0n) is 13.7. The van der Waals surface area contributed by atoms with E-state index >= 15 is 0 Å². The monoisotopic (exact) mass is 398 g/mol. The third kappa shape index (κ3) is 3.76. The molecule has 0 radical (unpaired) electrons. The number of amidine groups is 1. The lowest BCUT2D eigenvalue weighted by Crippen LogP contribution is -2.15. The average molecular weight is 399 g/mol. The van der Waals surface area contributed by atoms with Gasteiger partial charge in [-0.3, -0.25) is 0 Å². The first-order chi connectivity index (χ1) is 12.9. The van der Waals surface area contributed by atoms with Gasteiger partial charge in [-0.05, 0) is 24.3 Å². The lowest BCUT2D eigenvalue weighted by molar-refractivity contribution is 0.319. The highest BCUT2D eigenvalue weighted by molar-refractivity contribution is 6.31. The molecule has 3 aromatic rings. The van der Waals surface area contributed by atoms with Crippen molar-refractivity contribution in [3.05, 3.63) is 52.3 Å². The molecule has 11 heteroatoms. The van der Waals surface area contributed by atoms with Crippen molar-refractivity contribution in [2.45, 2.75) is 0 Å². The number of nitrogens with two attached hydrogens (primary N) is 1. The van der Waals surface area contributed by atoms with Crippen LogP contribution in [0.3, 0.4) is 0 Å². The van der Waals surface area contributed by atoms with Gasteiger partial charge < -0.3 is 26.6 Å². The Kier molecular flexibility index (Phi) is 5.38. The second-order valence-corrected chi connectivity index (χ2v) is 5.85. The molecular formula is C16H14ClF3N6O. The van der Waals surface area contributed by atoms with Crippen LogP contribution in [0, 0.1) is 17.5 Å². The number of hydrogen-bond acceptors (Lipinski definition) is 5. The Morgan fingerprint density at radius 3 is 2.70 bits per heavy atom. The number of oxime groups is 1. The Morgan fingerprint density at radius 1 is 1.26 bits per heavy atom. The van der Waals surface area contributed by atoms with Gasteiger partial charge in [0.15, 0.2) is 17.5 Å². The number of rotatable bonds is 5. The highest BCUT2D eigenvalue weighted by atomic mass is 35.5. The highest BCUT2D eigenvalue weighted by Gasteiger charge is 2.20. The summed E-state index contributed by atoms with van der Waals surface area (Å²) in [6.07, 6.45) is 0. The van der Waals surface area contributed by atoms with E-state index in [9.17, 15) is 18.4 Å². The van der Waals surface area contributed by atoms with E-state index in [0.29, 0.717) is 13.1 Å². The van der Waals surface area contributed by atoms with Crippen LogP contribution in [0.1, 0.15) is 5.56 Å². The van der Waals surface area contributed by atoms with E-state index in [1.54, 1.807) is 0 Å². The van der Waals surface area contributed by atoms with E-state index in [4.69, 9.17) is 17.3 Å². The van der Waals surface area contributed by atoms with Crippen LogP contribution >= 0.6 is 11.6 Å². The summed E-state index contributed by atoms with van der Waals surface area (Å²) in [5, 5.41) is 17.8. The second kappa shape index (κ2) is 7.72. The van der Waals surface area contributed by atoms with Crippen LogP contribution in [0.15, 0.2) is 29.4 Å². The molecule has 0 fully saturated rings. The molecule has 0 aliphatic heterocycles. The van der Waals surface area contributed by atoms with Gasteiger partial charge in [0.2, 0.25) is 5.95 Å². The van der Waals surface area contributed by atoms with Gasteiger partial charge in [-0.25, -0.2) is 18.2 Å². The molecule has 0 amide bonds. The highest BCUT2D eigenvalue weighted by Crippen LogP contribution is 2.26. The molecule has 0 aliphatic carbocycles. The molecule has 0 saturated heterocycles. The zero-order chi connectivity index (χ0) is 19.6. The first kappa shape index (κ1) is 18.8. The maximum Gasteiger partial charge on any atom is 0.201 e. The fourth-order valence-electron chi connectivity index (χ4n) is 2.42. The molecule has 0 unspecified atom stereocenters. The van der Waals surface area contributed by atoms with Crippen LogP contribution in [0.5, 0.6) is 0 Å². The molecule has 142 valence electrons. The minimum Gasteiger partial charge on any atom is -0.409 e. The second-order valence-electron chi connectivity index (χ2n) is 5.45. The molecular weight excluding hydrogens is 385 g/mol. The molecule has 1 heterocycles. The van der Waals surface area contributed by atoms with E-state index < -0.39 is 17.5 Å². The number of anilines is 2. The van der Waals surface area contributed by atoms with Crippen molar-refractivity contribution >= 4 is 40.1 Å². The Balaban J connectivity index is 2.05. The van der Waals surface area contributed by atoms with Gasteiger partial charge in [0.1, 0.15) is 11.3 Å². The van der Waals surface area contributed by atoms with E-state index in [0.717, 1.165) is 12.1 Å². The zero-order valence-corrected chi connectivity index (χ0v) is 14.4. The smallest absolute Gasteiger partial charge is 0.201 e. The first-order valence-corrected chi connectivity index (χ1v) is 8.08. The Morgan fingerprint density at radius 2 is 2.04 bits per heavy atom. The third-order valence-corrected chi connectivity index (χ3v) is 3.93. The Bertz CT molecular complexity index is 1020. The molecule has 0 atom stereocenters. The van der Waals surface area contributed by atoms with E-state index in [-0.39, 0.29) is 39.1 Å². The van der Waals surface area contributed by atoms with Gasteiger partial charge >= 0.3 is 0 Å². The summed E-state index contributed by atoms with van der Waals surface area (Å²) in [5.41, 5.74) is 5.46. The van der Waals surface area contributed by atoms with Crippen LogP contribution in [-0.4, -0.2) is 34.1 Å². The minimum absolute atomic E-state index is 0.000135. The van der Waals surface area contributed by atoms with Crippen LogP contribution in [0.2, 0.25) is 5.02 Å². The Labute approximate surface area is 156 Å². The molecule has 0 aliphatic rings. The van der Waals surface area contributed by atoms with Crippen molar-refractivity contribution in [3.63, 3.8) is 0 Å². The van der Waals surface area contributed by atoms with Crippen molar-refractivity contribution in [2.24, 2.45) is 10.9 Å². The summed E-state index contributed by atoms with van der Waals surface area (Å²) in [5.74, 6) is -3.04. The fraction of sp³-hybridized carbons (Fsp3) is 0.125. The van der Waals surface area contributed by atoms with Gasteiger partial charge in [0.25, 0.3) is 0 Å². The molecule has 6 N–H and O–H groups in total. The van der Waals surface area contributed by atoms with E-state index in [1.165, 1.54) is 12.1 Å². The molecule has 7 nitrogen and oxygen atoms in total. The maximum atomic E-state index is 14.1. The van der Waals surface area contributed by atoms with E-state index in [2.05, 4.69) is 25.8 Å². The number of halogens is 4. The quantitative estimate of drug-likeness (QED) is 0.196. The Hall–Kier alpha value is -2.98. The van der Waals surface area contributed by atoms with Gasteiger partial charge in [-0.2, -0.15) is 0 Å². The van der Waals surface area contributed by atoms with Crippen LogP contribution in [-0.2, 0) is 0 Å². The lowest BCUT2D eigenvalue weighted by atomic mass is 10.1. The summed E-state index contributed by atoms with van der Waals surface area (Å²) >= 11 is 5.72. The van der Waals surface area contributed by atoms with Crippen molar-refractivity contribution in [3.8, 4) is 0 Å². The van der Waals surface area contributed by atoms with Crippen molar-refractivity contribution in [1.29, 1.82) is 0 Å². The predicted octanol–water partition coefficient (Wildman–Crippen LogP) is 3.25. The summed E-state index contributed by atoms with van der Waals surface area (Å²) < 4.78 is 41.4. The average Bonchev–Trinajstić information content (AvgIpc) is 3.08. The van der Waals surface area contributed by atoms with Crippen molar-refractivity contribution in [2.75, 3.05) is 23.7 Å². The van der Waals surface area contributed by atoms with Gasteiger partial charge in [0.05, 0.1) is 10.5 Å². The fourth-order valence-corrected chi connectivity index (χ4v) is 2.60. The van der Waals surface area contributed by atoms with Gasteiger partial charge in [0, 0.05) is 24.3 Å². The number of nitrogens with one attached hydrogen (secondary N) is 3. The number of imidazole rings is 1. The third-order valence-electron chi connectivity index (χ3n) is 3.64. The SMILES string of the molecule is NCCNc1nc2c(F)c(F)cc(/C(=N\O)Nc3ccc(F)c(Cl)c3)c2[nH]1. The normalized spacial score (nSPS) is 11.8. The van der Waals surface area contributed by atoms with Crippen LogP contribution in [0.25, 0.3) is 11.0 Å². The lowest BCUT2D eigenvalue weighted by Gasteiger charge is -2.10. The van der Waals surface area contributed by atoms with Crippen LogP contribution in [0.4, 0.5) is 24.8 Å². The maximum absolute atomic E-state index is 14.1. The summed E-state index contributed by atoms with van der Waals surface area (Å²) in [6.45, 7) is 0.656. The number of nitrogens with zero attached hydrogens (tertiary/aromatic N) is 2. The molecule has 0 bridgehead atoms. The minimum atomic E-state index is -1.19. The van der Waals surface area contributed by atoms with Gasteiger partial charge in [-0.1, -0.05) is 16.8 Å². The predicted molar refractivity (Wildman–Crippen MR) is 96.9 cm³/mol. The number of aromatic amines is 1. The standard InChI is InChI=1S/C16H14ClF3N6O/c17-9-5-7(1-2-10(9)18)23-15(26-27)8-6-11(19)12(20)14-13(8)24-16(25-14)22-4-3-21/h1-2,5-6,27H,3-4,21H2,(H,23,26)(H2,22,24,25).